The van der Waals surface area contributed by atoms with Gasteiger partial charge in [0, 0.05) is 12.0 Å². The van der Waals surface area contributed by atoms with Crippen LogP contribution in [0.4, 0.5) is 0 Å². The van der Waals surface area contributed by atoms with Crippen LogP contribution in [0.25, 0.3) is 0 Å². The second-order valence-corrected chi connectivity index (χ2v) is 10.7. The minimum atomic E-state index is -0.738. The van der Waals surface area contributed by atoms with Crippen molar-refractivity contribution in [2.24, 2.45) is 0 Å². The Bertz CT molecular complexity index is 1240. The van der Waals surface area contributed by atoms with Gasteiger partial charge in [0.25, 0.3) is 6.23 Å². The van der Waals surface area contributed by atoms with Gasteiger partial charge in [-0.1, -0.05) is 78.9 Å². The van der Waals surface area contributed by atoms with Crippen LogP contribution >= 0.6 is 0 Å². The van der Waals surface area contributed by atoms with E-state index >= 15 is 0 Å². The van der Waals surface area contributed by atoms with Crippen molar-refractivity contribution in [1.29, 1.82) is 0 Å². The second kappa shape index (κ2) is 11.1. The molecule has 3 heterocycles. The molecule has 6 nitrogen and oxygen atoms in total. The number of rotatable bonds is 8. The zero-order chi connectivity index (χ0) is 26.0. The molecule has 0 bridgehead atoms. The summed E-state index contributed by atoms with van der Waals surface area (Å²) < 4.78 is 34.8. The summed E-state index contributed by atoms with van der Waals surface area (Å²) in [5.74, 6) is -0.738. The number of benzene rings is 3. The SMILES string of the molecule is CC1(C)O[C@@H]2[C@@H](OCc3ccccc3)[C@H]([N+]3=Cc4ccccc4CC3)O[C@H](COCc3ccccc3)[C@@H]2O1. The van der Waals surface area contributed by atoms with Gasteiger partial charge in [0.2, 0.25) is 0 Å². The van der Waals surface area contributed by atoms with Crippen LogP contribution in [0.2, 0.25) is 0 Å². The molecule has 38 heavy (non-hydrogen) atoms. The Morgan fingerprint density at radius 2 is 1.47 bits per heavy atom. The minimum Gasteiger partial charge on any atom is -0.374 e. The smallest absolute Gasteiger partial charge is 0.287 e. The molecule has 0 radical (unpaired) electrons. The van der Waals surface area contributed by atoms with Gasteiger partial charge in [-0.05, 0) is 36.6 Å². The molecule has 2 fully saturated rings. The van der Waals surface area contributed by atoms with Crippen molar-refractivity contribution >= 4 is 6.21 Å². The predicted octanol–water partition coefficient (Wildman–Crippen LogP) is 4.72. The van der Waals surface area contributed by atoms with Gasteiger partial charge in [0.1, 0.15) is 24.9 Å². The normalized spacial score (nSPS) is 27.8. The monoisotopic (exact) mass is 514 g/mol. The van der Waals surface area contributed by atoms with Gasteiger partial charge in [-0.2, -0.15) is 0 Å². The van der Waals surface area contributed by atoms with E-state index in [-0.39, 0.29) is 30.6 Å². The zero-order valence-electron chi connectivity index (χ0n) is 22.1. The molecule has 0 aromatic heterocycles. The third kappa shape index (κ3) is 5.60. The van der Waals surface area contributed by atoms with Crippen LogP contribution < -0.4 is 0 Å². The van der Waals surface area contributed by atoms with E-state index in [1.165, 1.54) is 11.1 Å². The fourth-order valence-corrected chi connectivity index (χ4v) is 5.65. The Morgan fingerprint density at radius 1 is 0.816 bits per heavy atom. The van der Waals surface area contributed by atoms with E-state index in [9.17, 15) is 0 Å². The summed E-state index contributed by atoms with van der Waals surface area (Å²) in [5, 5.41) is 0. The molecule has 0 amide bonds. The van der Waals surface area contributed by atoms with E-state index in [1.807, 2.05) is 50.2 Å². The molecule has 6 rings (SSSR count). The first-order chi connectivity index (χ1) is 18.6. The van der Waals surface area contributed by atoms with E-state index in [0.29, 0.717) is 19.8 Å². The third-order valence-electron chi connectivity index (χ3n) is 7.45. The van der Waals surface area contributed by atoms with Crippen molar-refractivity contribution in [2.75, 3.05) is 13.2 Å². The zero-order valence-corrected chi connectivity index (χ0v) is 22.1. The molecule has 0 unspecified atom stereocenters. The highest BCUT2D eigenvalue weighted by Gasteiger charge is 2.59. The summed E-state index contributed by atoms with van der Waals surface area (Å²) in [6.07, 6.45) is 1.59. The number of hydrogen-bond donors (Lipinski definition) is 0. The Kier molecular flexibility index (Phi) is 7.41. The van der Waals surface area contributed by atoms with Gasteiger partial charge >= 0.3 is 0 Å². The molecule has 3 aromatic rings. The van der Waals surface area contributed by atoms with E-state index < -0.39 is 5.79 Å². The summed E-state index contributed by atoms with van der Waals surface area (Å²) in [6.45, 7) is 6.15. The summed E-state index contributed by atoms with van der Waals surface area (Å²) in [6, 6.07) is 29.0. The molecule has 3 aliphatic rings. The van der Waals surface area contributed by atoms with Gasteiger partial charge in [-0.3, -0.25) is 0 Å². The molecule has 0 saturated carbocycles. The lowest BCUT2D eigenvalue weighted by atomic mass is 9.96. The molecule has 198 valence electrons. The highest BCUT2D eigenvalue weighted by Crippen LogP contribution is 2.39. The second-order valence-electron chi connectivity index (χ2n) is 10.7. The highest BCUT2D eigenvalue weighted by molar-refractivity contribution is 5.78. The third-order valence-corrected chi connectivity index (χ3v) is 7.45. The summed E-state index contributed by atoms with van der Waals surface area (Å²) in [5.41, 5.74) is 4.81. The lowest BCUT2D eigenvalue weighted by molar-refractivity contribution is -0.634. The number of nitrogens with zero attached hydrogens (tertiary/aromatic N) is 1. The molecule has 3 aliphatic heterocycles. The molecule has 0 N–H and O–H groups in total. The molecule has 6 heteroatoms. The Morgan fingerprint density at radius 3 is 2.24 bits per heavy atom. The van der Waals surface area contributed by atoms with Gasteiger partial charge < -0.3 is 23.7 Å². The first kappa shape index (κ1) is 25.4. The highest BCUT2D eigenvalue weighted by atomic mass is 16.8. The van der Waals surface area contributed by atoms with Gasteiger partial charge in [-0.25, -0.2) is 4.58 Å². The fourth-order valence-electron chi connectivity index (χ4n) is 5.65. The van der Waals surface area contributed by atoms with Crippen LogP contribution in [0.15, 0.2) is 84.9 Å². The number of fused-ring (bicyclic) bond motifs is 2. The average molecular weight is 515 g/mol. The maximum Gasteiger partial charge on any atom is 0.287 e. The maximum atomic E-state index is 6.83. The maximum absolute atomic E-state index is 6.83. The number of hydrogen-bond acceptors (Lipinski definition) is 5. The largest absolute Gasteiger partial charge is 0.374 e. The van der Waals surface area contributed by atoms with Crippen molar-refractivity contribution in [3.63, 3.8) is 0 Å². The van der Waals surface area contributed by atoms with Crippen molar-refractivity contribution in [3.05, 3.63) is 107 Å². The van der Waals surface area contributed by atoms with E-state index in [4.69, 9.17) is 23.7 Å². The lowest BCUT2D eigenvalue weighted by Gasteiger charge is -2.40. The molecular formula is C32H36NO5+. The molecule has 0 aliphatic carbocycles. The van der Waals surface area contributed by atoms with Crippen molar-refractivity contribution in [2.45, 2.75) is 69.9 Å². The predicted molar refractivity (Wildman–Crippen MR) is 144 cm³/mol. The quantitative estimate of drug-likeness (QED) is 0.407. The van der Waals surface area contributed by atoms with Crippen LogP contribution in [-0.4, -0.2) is 60.4 Å². The van der Waals surface area contributed by atoms with Gasteiger partial charge in [0.05, 0.1) is 19.8 Å². The van der Waals surface area contributed by atoms with Crippen molar-refractivity contribution in [3.8, 4) is 0 Å². The molecule has 3 aromatic carbocycles. The summed E-state index contributed by atoms with van der Waals surface area (Å²) in [4.78, 5) is 0. The van der Waals surface area contributed by atoms with Gasteiger partial charge in [0.15, 0.2) is 18.1 Å². The van der Waals surface area contributed by atoms with E-state index in [2.05, 4.69) is 59.3 Å². The Balaban J connectivity index is 1.28. The average Bonchev–Trinajstić information content (AvgIpc) is 3.28. The van der Waals surface area contributed by atoms with Crippen molar-refractivity contribution < 1.29 is 28.3 Å². The van der Waals surface area contributed by atoms with Crippen LogP contribution in [0.1, 0.15) is 36.1 Å². The summed E-state index contributed by atoms with van der Waals surface area (Å²) in [7, 11) is 0. The van der Waals surface area contributed by atoms with Gasteiger partial charge in [-0.15, -0.1) is 0 Å². The van der Waals surface area contributed by atoms with Crippen molar-refractivity contribution in [1.82, 2.24) is 0 Å². The molecule has 5 atom stereocenters. The fraction of sp³-hybridized carbons (Fsp3) is 0.406. The van der Waals surface area contributed by atoms with E-state index in [1.54, 1.807) is 0 Å². The topological polar surface area (TPSA) is 49.2 Å². The first-order valence-electron chi connectivity index (χ1n) is 13.5. The lowest BCUT2D eigenvalue weighted by Crippen LogP contribution is -2.62. The molecular weight excluding hydrogens is 478 g/mol. The van der Waals surface area contributed by atoms with Crippen LogP contribution in [-0.2, 0) is 43.3 Å². The van der Waals surface area contributed by atoms with Crippen LogP contribution in [0, 0.1) is 0 Å². The summed E-state index contributed by atoms with van der Waals surface area (Å²) >= 11 is 0. The van der Waals surface area contributed by atoms with Crippen LogP contribution in [0.3, 0.4) is 0 Å². The Labute approximate surface area is 224 Å². The molecule has 0 spiro atoms. The Hall–Kier alpha value is -2.87. The molecule has 2 saturated heterocycles. The minimum absolute atomic E-state index is 0.289. The van der Waals surface area contributed by atoms with Crippen LogP contribution in [0.5, 0.6) is 0 Å². The standard InChI is InChI=1S/C32H36NO5/c1-32(2)37-28-27(22-34-20-23-11-5-3-6-12-23)36-31(33-18-17-25-15-9-10-16-26(25)19-33)30(29(28)38-32)35-21-24-13-7-4-8-14-24/h3-16,19,27-31H,17-18,20-22H2,1-2H3/q+1/t27-,28+,29+,30-,31-/m1/s1. The number of ether oxygens (including phenoxy) is 5. The van der Waals surface area contributed by atoms with E-state index in [0.717, 1.165) is 24.1 Å². The first-order valence-corrected chi connectivity index (χ1v) is 13.5.